The maximum atomic E-state index is 10.9. The molecule has 5 atom stereocenters. The number of fused-ring (bicyclic) bond motifs is 1. The number of piperidine rings is 1. The molecule has 2 saturated heterocycles. The van der Waals surface area contributed by atoms with E-state index < -0.39 is 0 Å². The summed E-state index contributed by atoms with van der Waals surface area (Å²) in [6.07, 6.45) is 16.2. The molecular formula is C28H50N6O3. The van der Waals surface area contributed by atoms with Gasteiger partial charge in [0.2, 0.25) is 11.9 Å². The monoisotopic (exact) mass is 518 g/mol. The lowest BCUT2D eigenvalue weighted by molar-refractivity contribution is -0.526. The van der Waals surface area contributed by atoms with Crippen molar-refractivity contribution in [1.82, 2.24) is 20.6 Å². The summed E-state index contributed by atoms with van der Waals surface area (Å²) in [5.41, 5.74) is 6.42. The summed E-state index contributed by atoms with van der Waals surface area (Å²) in [4.78, 5) is 29.7. The average Bonchev–Trinajstić information content (AvgIpc) is 3.59. The minimum atomic E-state index is -0.343. The predicted octanol–water partition coefficient (Wildman–Crippen LogP) is 4.77. The molecule has 4 fully saturated rings. The number of nitrogens with one attached hydrogen (secondary N) is 3. The molecule has 210 valence electrons. The summed E-state index contributed by atoms with van der Waals surface area (Å²) in [6.45, 7) is 7.38. The van der Waals surface area contributed by atoms with E-state index in [-0.39, 0.29) is 22.9 Å². The van der Waals surface area contributed by atoms with Crippen molar-refractivity contribution in [1.29, 1.82) is 0 Å². The molecule has 0 spiro atoms. The molecule has 3 heterocycles. The normalized spacial score (nSPS) is 32.1. The number of primary amides is 1. The van der Waals surface area contributed by atoms with Crippen LogP contribution in [0.1, 0.15) is 128 Å². The van der Waals surface area contributed by atoms with Crippen LogP contribution in [0.25, 0.3) is 0 Å². The zero-order valence-electron chi connectivity index (χ0n) is 23.2. The Kier molecular flexibility index (Phi) is 11.8. The standard InChI is InChI=1S/C17H28N4O2.C9H16N2O.C2H6/c1-12(10-14-4-2-3-9-18-14)17-19-11-16(20-17)13-5-7-15(8-6-13)21(22)23;10-9(12)8-5-6-3-1-2-4-7(6)11-8;1-2/h11-15,18H,2-10H2,1H3,(H,19,20);6-8,11H,1-5H2,(H2,10,12);1-2H3/t12-,13?,14?,15?;;/m0../s1. The molecule has 1 aromatic rings. The van der Waals surface area contributed by atoms with Gasteiger partial charge in [0, 0.05) is 53.6 Å². The maximum absolute atomic E-state index is 10.9. The van der Waals surface area contributed by atoms with E-state index in [9.17, 15) is 14.9 Å². The highest BCUT2D eigenvalue weighted by Gasteiger charge is 2.37. The van der Waals surface area contributed by atoms with Crippen molar-refractivity contribution >= 4 is 5.91 Å². The number of nitrogens with two attached hydrogens (primary N) is 1. The van der Waals surface area contributed by atoms with Gasteiger partial charge in [-0.2, -0.15) is 0 Å². The number of imidazole rings is 1. The van der Waals surface area contributed by atoms with Gasteiger partial charge in [-0.1, -0.05) is 40.0 Å². The Morgan fingerprint density at radius 3 is 2.43 bits per heavy atom. The molecule has 2 aliphatic carbocycles. The van der Waals surface area contributed by atoms with Gasteiger partial charge >= 0.3 is 0 Å². The van der Waals surface area contributed by atoms with Crippen molar-refractivity contribution in [3.63, 3.8) is 0 Å². The summed E-state index contributed by atoms with van der Waals surface area (Å²) in [5, 5.41) is 17.8. The van der Waals surface area contributed by atoms with Crippen LogP contribution in [0.4, 0.5) is 0 Å². The Morgan fingerprint density at radius 1 is 1.11 bits per heavy atom. The molecule has 1 aromatic heterocycles. The fourth-order valence-electron chi connectivity index (χ4n) is 6.61. The summed E-state index contributed by atoms with van der Waals surface area (Å²) in [7, 11) is 0. The van der Waals surface area contributed by atoms with Gasteiger partial charge in [0.25, 0.3) is 0 Å². The van der Waals surface area contributed by atoms with Gasteiger partial charge in [0.05, 0.1) is 6.04 Å². The Labute approximate surface area is 222 Å². The lowest BCUT2D eigenvalue weighted by atomic mass is 9.84. The topological polar surface area (TPSA) is 139 Å². The van der Waals surface area contributed by atoms with Crippen LogP contribution in [-0.2, 0) is 4.79 Å². The van der Waals surface area contributed by atoms with Gasteiger partial charge < -0.3 is 21.4 Å². The van der Waals surface area contributed by atoms with Crippen LogP contribution in [0.3, 0.4) is 0 Å². The molecule has 37 heavy (non-hydrogen) atoms. The van der Waals surface area contributed by atoms with E-state index in [0.717, 1.165) is 44.0 Å². The number of aromatic amines is 1. The second-order valence-corrected chi connectivity index (χ2v) is 11.3. The Morgan fingerprint density at radius 2 is 1.81 bits per heavy atom. The fraction of sp³-hybridized carbons (Fsp3) is 0.857. The quantitative estimate of drug-likeness (QED) is 0.316. The minimum absolute atomic E-state index is 0.0434. The number of hydrogen-bond donors (Lipinski definition) is 4. The van der Waals surface area contributed by atoms with Crippen LogP contribution in [0.5, 0.6) is 0 Å². The fourth-order valence-corrected chi connectivity index (χ4v) is 6.61. The highest BCUT2D eigenvalue weighted by Crippen LogP contribution is 2.34. The molecule has 9 heteroatoms. The summed E-state index contributed by atoms with van der Waals surface area (Å²) >= 11 is 0. The molecule has 0 bridgehead atoms. The molecule has 9 nitrogen and oxygen atoms in total. The first-order valence-corrected chi connectivity index (χ1v) is 14.9. The number of hydrogen-bond acceptors (Lipinski definition) is 6. The third-order valence-corrected chi connectivity index (χ3v) is 8.77. The van der Waals surface area contributed by atoms with Crippen LogP contribution < -0.4 is 16.4 Å². The van der Waals surface area contributed by atoms with E-state index in [1.54, 1.807) is 0 Å². The number of carbonyl (C=O) groups excluding carboxylic acids is 1. The van der Waals surface area contributed by atoms with Gasteiger partial charge in [0.15, 0.2) is 0 Å². The third kappa shape index (κ3) is 8.50. The van der Waals surface area contributed by atoms with E-state index >= 15 is 0 Å². The van der Waals surface area contributed by atoms with Crippen LogP contribution in [0.2, 0.25) is 0 Å². The van der Waals surface area contributed by atoms with Crippen molar-refractivity contribution in [3.8, 4) is 0 Å². The zero-order chi connectivity index (χ0) is 26.8. The highest BCUT2D eigenvalue weighted by molar-refractivity contribution is 5.80. The van der Waals surface area contributed by atoms with Gasteiger partial charge in [-0.25, -0.2) is 4.98 Å². The van der Waals surface area contributed by atoms with Crippen LogP contribution in [0.15, 0.2) is 6.20 Å². The number of amides is 1. The molecule has 4 aliphatic rings. The highest BCUT2D eigenvalue weighted by atomic mass is 16.6. The second kappa shape index (κ2) is 14.8. The number of aromatic nitrogens is 2. The minimum Gasteiger partial charge on any atom is -0.368 e. The summed E-state index contributed by atoms with van der Waals surface area (Å²) in [5.74, 6) is 2.45. The van der Waals surface area contributed by atoms with Crippen LogP contribution in [0, 0.1) is 16.0 Å². The second-order valence-electron chi connectivity index (χ2n) is 11.3. The first-order valence-electron chi connectivity index (χ1n) is 14.9. The number of H-pyrrole nitrogens is 1. The number of rotatable bonds is 6. The Bertz CT molecular complexity index is 818. The van der Waals surface area contributed by atoms with Gasteiger partial charge in [-0.15, -0.1) is 0 Å². The van der Waals surface area contributed by atoms with Crippen LogP contribution in [-0.4, -0.2) is 51.5 Å². The van der Waals surface area contributed by atoms with E-state index in [0.29, 0.717) is 36.8 Å². The lowest BCUT2D eigenvalue weighted by Gasteiger charge is -2.25. The van der Waals surface area contributed by atoms with Crippen molar-refractivity contribution in [2.45, 2.75) is 140 Å². The molecule has 0 radical (unpaired) electrons. The SMILES string of the molecule is CC.C[C@@H](CC1CCCCN1)c1ncc(C2CCC([N+](=O)[O-])CC2)[nH]1.NC(=O)C1CC2CCCCC2N1. The lowest BCUT2D eigenvalue weighted by Crippen LogP contribution is -2.40. The molecular weight excluding hydrogens is 468 g/mol. The van der Waals surface area contributed by atoms with Crippen molar-refractivity contribution in [2.75, 3.05) is 6.54 Å². The van der Waals surface area contributed by atoms with E-state index in [1.165, 1.54) is 50.6 Å². The number of nitro groups is 1. The summed E-state index contributed by atoms with van der Waals surface area (Å²) in [6, 6.07) is 0.808. The van der Waals surface area contributed by atoms with E-state index in [4.69, 9.17) is 5.73 Å². The molecule has 5 rings (SSSR count). The molecule has 0 aromatic carbocycles. The molecule has 2 saturated carbocycles. The average molecular weight is 519 g/mol. The van der Waals surface area contributed by atoms with Crippen LogP contribution >= 0.6 is 0 Å². The number of nitrogens with zero attached hydrogens (tertiary/aromatic N) is 2. The van der Waals surface area contributed by atoms with Crippen molar-refractivity contribution in [2.24, 2.45) is 11.7 Å². The summed E-state index contributed by atoms with van der Waals surface area (Å²) < 4.78 is 0. The zero-order valence-corrected chi connectivity index (χ0v) is 23.2. The molecule has 5 N–H and O–H groups in total. The molecule has 1 amide bonds. The smallest absolute Gasteiger partial charge is 0.234 e. The van der Waals surface area contributed by atoms with Gasteiger partial charge in [0.1, 0.15) is 5.82 Å². The van der Waals surface area contributed by atoms with Gasteiger partial charge in [-0.3, -0.25) is 14.9 Å². The Hall–Kier alpha value is -2.00. The van der Waals surface area contributed by atoms with Crippen molar-refractivity contribution < 1.29 is 9.72 Å². The molecule has 4 unspecified atom stereocenters. The largest absolute Gasteiger partial charge is 0.368 e. The first-order chi connectivity index (χ1) is 17.9. The van der Waals surface area contributed by atoms with E-state index in [2.05, 4.69) is 27.5 Å². The maximum Gasteiger partial charge on any atom is 0.234 e. The molecule has 2 aliphatic heterocycles. The van der Waals surface area contributed by atoms with Gasteiger partial charge in [-0.05, 0) is 63.8 Å². The van der Waals surface area contributed by atoms with E-state index in [1.807, 2.05) is 20.0 Å². The predicted molar refractivity (Wildman–Crippen MR) is 147 cm³/mol. The Balaban J connectivity index is 0.000000228. The third-order valence-electron chi connectivity index (χ3n) is 8.77. The van der Waals surface area contributed by atoms with Crippen molar-refractivity contribution in [3.05, 3.63) is 27.8 Å². The first kappa shape index (κ1) is 29.6. The number of carbonyl (C=O) groups is 1.